The van der Waals surface area contributed by atoms with Crippen LogP contribution in [0.25, 0.3) is 11.2 Å². The third kappa shape index (κ3) is 2.31. The van der Waals surface area contributed by atoms with Crippen molar-refractivity contribution in [1.82, 2.24) is 15.0 Å². The lowest BCUT2D eigenvalue weighted by molar-refractivity contribution is 0.104. The quantitative estimate of drug-likeness (QED) is 0.898. The maximum absolute atomic E-state index is 5.61. The molecule has 1 unspecified atom stereocenters. The maximum atomic E-state index is 5.61. The van der Waals surface area contributed by atoms with Crippen molar-refractivity contribution >= 4 is 11.2 Å². The number of aryl methyl sites for hydroxylation is 1. The molecule has 5 nitrogen and oxygen atoms in total. The molecule has 0 aliphatic carbocycles. The highest BCUT2D eigenvalue weighted by atomic mass is 16.5. The number of aromatic nitrogens is 3. The summed E-state index contributed by atoms with van der Waals surface area (Å²) in [7, 11) is 1.61. The van der Waals surface area contributed by atoms with Gasteiger partial charge in [-0.05, 0) is 25.3 Å². The molecule has 0 radical (unpaired) electrons. The van der Waals surface area contributed by atoms with E-state index in [2.05, 4.69) is 15.0 Å². The van der Waals surface area contributed by atoms with E-state index in [0.717, 1.165) is 36.4 Å². The summed E-state index contributed by atoms with van der Waals surface area (Å²) in [6, 6.07) is 3.79. The molecule has 3 heterocycles. The summed E-state index contributed by atoms with van der Waals surface area (Å²) in [4.78, 5) is 12.1. The standard InChI is InChI=1S/C13H17N3O2/c1-17-12-7-5-10-13(16-12)15-11(14-10)6-4-9-3-2-8-18-9/h5,7,9H,2-4,6,8H2,1H3,(H,14,15,16). The van der Waals surface area contributed by atoms with Gasteiger partial charge in [0.1, 0.15) is 5.82 Å². The summed E-state index contributed by atoms with van der Waals surface area (Å²) in [5.74, 6) is 1.57. The van der Waals surface area contributed by atoms with Gasteiger partial charge in [-0.3, -0.25) is 0 Å². The fourth-order valence-electron chi connectivity index (χ4n) is 2.33. The first-order valence-corrected chi connectivity index (χ1v) is 6.36. The van der Waals surface area contributed by atoms with Crippen LogP contribution in [0.3, 0.4) is 0 Å². The Labute approximate surface area is 106 Å². The predicted octanol–water partition coefficient (Wildman–Crippen LogP) is 2.08. The fraction of sp³-hybridized carbons (Fsp3) is 0.538. The largest absolute Gasteiger partial charge is 0.481 e. The van der Waals surface area contributed by atoms with Gasteiger partial charge in [-0.1, -0.05) is 0 Å². The maximum Gasteiger partial charge on any atom is 0.215 e. The predicted molar refractivity (Wildman–Crippen MR) is 67.7 cm³/mol. The van der Waals surface area contributed by atoms with Gasteiger partial charge in [-0.15, -0.1) is 0 Å². The zero-order valence-electron chi connectivity index (χ0n) is 10.5. The summed E-state index contributed by atoms with van der Waals surface area (Å²) >= 11 is 0. The van der Waals surface area contributed by atoms with Crippen molar-refractivity contribution in [3.8, 4) is 5.88 Å². The summed E-state index contributed by atoms with van der Waals surface area (Å²) in [5.41, 5.74) is 1.68. The van der Waals surface area contributed by atoms with E-state index in [-0.39, 0.29) is 0 Å². The summed E-state index contributed by atoms with van der Waals surface area (Å²) < 4.78 is 10.7. The monoisotopic (exact) mass is 247 g/mol. The second kappa shape index (κ2) is 4.94. The number of rotatable bonds is 4. The molecule has 1 fully saturated rings. The molecule has 0 bridgehead atoms. The van der Waals surface area contributed by atoms with Crippen LogP contribution >= 0.6 is 0 Å². The number of ether oxygens (including phenoxy) is 2. The minimum absolute atomic E-state index is 0.403. The van der Waals surface area contributed by atoms with Crippen molar-refractivity contribution in [3.63, 3.8) is 0 Å². The molecule has 2 aromatic heterocycles. The van der Waals surface area contributed by atoms with E-state index in [1.54, 1.807) is 7.11 Å². The van der Waals surface area contributed by atoms with Crippen LogP contribution in [-0.2, 0) is 11.2 Å². The molecule has 2 aromatic rings. The van der Waals surface area contributed by atoms with Gasteiger partial charge in [0.2, 0.25) is 5.88 Å². The van der Waals surface area contributed by atoms with Crippen LogP contribution in [0, 0.1) is 0 Å². The Hall–Kier alpha value is -1.62. The van der Waals surface area contributed by atoms with Crippen LogP contribution in [0.1, 0.15) is 25.1 Å². The number of pyridine rings is 1. The third-order valence-electron chi connectivity index (χ3n) is 3.31. The highest BCUT2D eigenvalue weighted by Crippen LogP contribution is 2.19. The Morgan fingerprint density at radius 3 is 3.17 bits per heavy atom. The van der Waals surface area contributed by atoms with E-state index < -0.39 is 0 Å². The average molecular weight is 247 g/mol. The minimum atomic E-state index is 0.403. The molecule has 0 amide bonds. The zero-order chi connectivity index (χ0) is 12.4. The normalized spacial score (nSPS) is 19.5. The second-order valence-electron chi connectivity index (χ2n) is 4.58. The van der Waals surface area contributed by atoms with Crippen molar-refractivity contribution in [2.24, 2.45) is 0 Å². The lowest BCUT2D eigenvalue weighted by atomic mass is 10.1. The Morgan fingerprint density at radius 2 is 2.39 bits per heavy atom. The molecule has 1 N–H and O–H groups in total. The molecular weight excluding hydrogens is 230 g/mol. The first-order chi connectivity index (χ1) is 8.85. The molecule has 1 aliphatic heterocycles. The number of hydrogen-bond acceptors (Lipinski definition) is 4. The van der Waals surface area contributed by atoms with Crippen LogP contribution in [0.15, 0.2) is 12.1 Å². The van der Waals surface area contributed by atoms with E-state index in [9.17, 15) is 0 Å². The summed E-state index contributed by atoms with van der Waals surface area (Å²) in [6.07, 6.45) is 4.69. The number of aromatic amines is 1. The number of nitrogens with one attached hydrogen (secondary N) is 1. The van der Waals surface area contributed by atoms with E-state index in [1.165, 1.54) is 12.8 Å². The van der Waals surface area contributed by atoms with Gasteiger partial charge in [0.15, 0.2) is 5.65 Å². The van der Waals surface area contributed by atoms with Crippen LogP contribution in [-0.4, -0.2) is 34.8 Å². The van der Waals surface area contributed by atoms with Crippen molar-refractivity contribution in [1.29, 1.82) is 0 Å². The molecule has 1 atom stereocenters. The molecule has 96 valence electrons. The molecule has 5 heteroatoms. The van der Waals surface area contributed by atoms with Gasteiger partial charge in [0.25, 0.3) is 0 Å². The van der Waals surface area contributed by atoms with Crippen LogP contribution < -0.4 is 4.74 Å². The van der Waals surface area contributed by atoms with Crippen LogP contribution in [0.2, 0.25) is 0 Å². The van der Waals surface area contributed by atoms with Crippen LogP contribution in [0.5, 0.6) is 5.88 Å². The first-order valence-electron chi connectivity index (χ1n) is 6.36. The number of H-pyrrole nitrogens is 1. The summed E-state index contributed by atoms with van der Waals surface area (Å²) in [5, 5.41) is 0. The number of methoxy groups -OCH3 is 1. The Balaban J connectivity index is 1.72. The van der Waals surface area contributed by atoms with Crippen molar-refractivity contribution in [3.05, 3.63) is 18.0 Å². The average Bonchev–Trinajstić information content (AvgIpc) is 3.04. The zero-order valence-corrected chi connectivity index (χ0v) is 10.5. The lowest BCUT2D eigenvalue weighted by Crippen LogP contribution is -2.06. The number of fused-ring (bicyclic) bond motifs is 1. The highest BCUT2D eigenvalue weighted by Gasteiger charge is 2.16. The molecule has 0 aromatic carbocycles. The topological polar surface area (TPSA) is 60.0 Å². The van der Waals surface area contributed by atoms with Crippen molar-refractivity contribution < 1.29 is 9.47 Å². The van der Waals surface area contributed by atoms with Crippen LogP contribution in [0.4, 0.5) is 0 Å². The molecule has 18 heavy (non-hydrogen) atoms. The lowest BCUT2D eigenvalue weighted by Gasteiger charge is -2.06. The van der Waals surface area contributed by atoms with Gasteiger partial charge < -0.3 is 14.5 Å². The third-order valence-corrected chi connectivity index (χ3v) is 3.31. The fourth-order valence-corrected chi connectivity index (χ4v) is 2.33. The number of hydrogen-bond donors (Lipinski definition) is 1. The van der Waals surface area contributed by atoms with Crippen molar-refractivity contribution in [2.45, 2.75) is 31.8 Å². The SMILES string of the molecule is COc1ccc2[nH]c(CCC3CCCO3)nc2n1. The minimum Gasteiger partial charge on any atom is -0.481 e. The summed E-state index contributed by atoms with van der Waals surface area (Å²) in [6.45, 7) is 0.906. The van der Waals surface area contributed by atoms with Crippen molar-refractivity contribution in [2.75, 3.05) is 13.7 Å². The molecule has 3 rings (SSSR count). The first kappa shape index (κ1) is 11.5. The van der Waals surface area contributed by atoms with Gasteiger partial charge >= 0.3 is 0 Å². The van der Waals surface area contributed by atoms with E-state index in [1.807, 2.05) is 12.1 Å². The highest BCUT2D eigenvalue weighted by molar-refractivity contribution is 5.71. The van der Waals surface area contributed by atoms with E-state index >= 15 is 0 Å². The second-order valence-corrected chi connectivity index (χ2v) is 4.58. The van der Waals surface area contributed by atoms with E-state index in [4.69, 9.17) is 9.47 Å². The Bertz CT molecular complexity index is 532. The Morgan fingerprint density at radius 1 is 1.44 bits per heavy atom. The molecule has 0 saturated carbocycles. The molecule has 0 spiro atoms. The van der Waals surface area contributed by atoms with E-state index in [0.29, 0.717) is 12.0 Å². The van der Waals surface area contributed by atoms with Gasteiger partial charge in [0, 0.05) is 19.1 Å². The molecule has 1 saturated heterocycles. The smallest absolute Gasteiger partial charge is 0.215 e. The number of nitrogens with zero attached hydrogens (tertiary/aromatic N) is 2. The molecular formula is C13H17N3O2. The Kier molecular flexibility index (Phi) is 3.15. The van der Waals surface area contributed by atoms with Gasteiger partial charge in [0.05, 0.1) is 18.7 Å². The van der Waals surface area contributed by atoms with Gasteiger partial charge in [-0.2, -0.15) is 4.98 Å². The number of imidazole rings is 1. The van der Waals surface area contributed by atoms with Gasteiger partial charge in [-0.25, -0.2) is 4.98 Å². The molecule has 1 aliphatic rings.